The fourth-order valence-corrected chi connectivity index (χ4v) is 4.11. The van der Waals surface area contributed by atoms with Gasteiger partial charge in [0.15, 0.2) is 0 Å². The average molecular weight is 549 g/mol. The number of fused-ring (bicyclic) bond motifs is 1. The van der Waals surface area contributed by atoms with Crippen LogP contribution in [0.1, 0.15) is 12.8 Å². The Morgan fingerprint density at radius 1 is 1.03 bits per heavy atom. The Morgan fingerprint density at radius 3 is 2.46 bits per heavy atom. The third kappa shape index (κ3) is 6.83. The Morgan fingerprint density at radius 2 is 1.76 bits per heavy atom. The summed E-state index contributed by atoms with van der Waals surface area (Å²) in [5, 5.41) is 40.6. The molecule has 0 amide bonds. The lowest BCUT2D eigenvalue weighted by molar-refractivity contribution is 0.281. The van der Waals surface area contributed by atoms with Crippen LogP contribution in [0.4, 0.5) is 17.6 Å². The monoisotopic (exact) mass is 548 g/mol. The lowest BCUT2D eigenvalue weighted by atomic mass is 10.3. The highest BCUT2D eigenvalue weighted by atomic mass is 35.5. The maximum Gasteiger partial charge on any atom is 0.233 e. The smallest absolute Gasteiger partial charge is 0.233 e. The van der Waals surface area contributed by atoms with E-state index in [2.05, 4.69) is 30.5 Å². The van der Waals surface area contributed by atoms with Gasteiger partial charge in [-0.15, -0.1) is 15.0 Å². The number of hydrogen-bond acceptors (Lipinski definition) is 12. The molecule has 0 aliphatic rings. The van der Waals surface area contributed by atoms with Crippen LogP contribution in [0.5, 0.6) is 11.5 Å². The summed E-state index contributed by atoms with van der Waals surface area (Å²) in [6.45, 7) is 2.46. The Bertz CT molecular complexity index is 1400. The first kappa shape index (κ1) is 26.6. The van der Waals surface area contributed by atoms with Gasteiger partial charge in [-0.05, 0) is 54.8 Å². The van der Waals surface area contributed by atoms with Gasteiger partial charge >= 0.3 is 0 Å². The van der Waals surface area contributed by atoms with Gasteiger partial charge in [-0.3, -0.25) is 4.57 Å². The van der Waals surface area contributed by atoms with E-state index in [1.807, 2.05) is 4.90 Å². The minimum atomic E-state index is -2.22. The topological polar surface area (TPSA) is 172 Å². The quantitative estimate of drug-likeness (QED) is 0.191. The summed E-state index contributed by atoms with van der Waals surface area (Å²) in [7, 11) is -2.22. The Hall–Kier alpha value is -3.51. The first-order valence-corrected chi connectivity index (χ1v) is 13.6. The van der Waals surface area contributed by atoms with Crippen LogP contribution in [0.15, 0.2) is 36.4 Å². The second-order valence-corrected chi connectivity index (χ2v) is 9.46. The predicted octanol–water partition coefficient (Wildman–Crippen LogP) is 2.76. The molecule has 0 aliphatic carbocycles. The minimum absolute atomic E-state index is 0.00830. The molecule has 0 bridgehead atoms. The highest BCUT2D eigenvalue weighted by Gasteiger charge is 2.15. The summed E-state index contributed by atoms with van der Waals surface area (Å²) in [5.74, 6) is 0.791. The van der Waals surface area contributed by atoms with E-state index < -0.39 is 8.03 Å². The van der Waals surface area contributed by atoms with E-state index >= 15 is 0 Å². The number of halogens is 1. The molecule has 2 heterocycles. The van der Waals surface area contributed by atoms with Crippen LogP contribution < -0.4 is 14.7 Å². The highest BCUT2D eigenvalue weighted by molar-refractivity contribution is 7.38. The van der Waals surface area contributed by atoms with Gasteiger partial charge in [0, 0.05) is 44.7 Å². The van der Waals surface area contributed by atoms with Crippen LogP contribution in [-0.2, 0) is 4.57 Å². The average Bonchev–Trinajstić information content (AvgIpc) is 3.28. The molecule has 0 saturated carbocycles. The number of aromatic nitrogens is 6. The van der Waals surface area contributed by atoms with Crippen molar-refractivity contribution >= 4 is 48.2 Å². The van der Waals surface area contributed by atoms with Crippen LogP contribution >= 0.6 is 19.6 Å². The molecule has 15 heteroatoms. The van der Waals surface area contributed by atoms with E-state index in [-0.39, 0.29) is 35.9 Å². The van der Waals surface area contributed by atoms with Crippen molar-refractivity contribution in [1.29, 1.82) is 0 Å². The molecular formula is C22H26ClN8O5P. The fourth-order valence-electron chi connectivity index (χ4n) is 3.49. The Kier molecular flexibility index (Phi) is 8.72. The molecule has 196 valence electrons. The zero-order valence-electron chi connectivity index (χ0n) is 19.9. The number of nitrogens with zero attached hydrogens (tertiary/aromatic N) is 7. The normalized spacial score (nSPS) is 12.0. The zero-order chi connectivity index (χ0) is 26.4. The number of rotatable bonds is 12. The van der Waals surface area contributed by atoms with Gasteiger partial charge in [0.2, 0.25) is 25.2 Å². The first-order valence-electron chi connectivity index (χ1n) is 11.4. The van der Waals surface area contributed by atoms with Gasteiger partial charge in [0.05, 0.1) is 0 Å². The van der Waals surface area contributed by atoms with E-state index in [1.165, 1.54) is 29.7 Å². The van der Waals surface area contributed by atoms with Gasteiger partial charge in [-0.1, -0.05) is 0 Å². The molecule has 1 atom stereocenters. The molecule has 13 nitrogen and oxygen atoms in total. The molecule has 0 saturated heterocycles. The fraction of sp³-hybridized carbons (Fsp3) is 0.318. The summed E-state index contributed by atoms with van der Waals surface area (Å²) in [6.07, 6.45) is 1.01. The van der Waals surface area contributed by atoms with Crippen LogP contribution in [0.2, 0.25) is 5.28 Å². The Balaban J connectivity index is 1.59. The molecule has 4 rings (SSSR count). The zero-order valence-corrected chi connectivity index (χ0v) is 21.6. The number of aliphatic hydroxyl groups excluding tert-OH is 2. The van der Waals surface area contributed by atoms with E-state index in [1.54, 1.807) is 18.2 Å². The lowest BCUT2D eigenvalue weighted by Gasteiger charge is -2.22. The molecule has 1 unspecified atom stereocenters. The van der Waals surface area contributed by atoms with E-state index in [4.69, 9.17) is 16.1 Å². The summed E-state index contributed by atoms with van der Waals surface area (Å²) < 4.78 is 16.7. The van der Waals surface area contributed by atoms with Crippen molar-refractivity contribution < 1.29 is 24.4 Å². The van der Waals surface area contributed by atoms with Crippen molar-refractivity contribution in [1.82, 2.24) is 29.9 Å². The standard InChI is InChI=1S/C22H26ClN8O5P/c1-37(35)36-15-5-7-19(34)18(13-15)31-28-16-6-4-14(12-17(16)29-31)24-21-25-20(23)26-22(27-21)30(8-2-10-32)9-3-11-33/h4-7,12-13,32-34,37H,2-3,8-11H2,1H3,(H,24,25,26,27). The van der Waals surface area contributed by atoms with Gasteiger partial charge in [-0.25, -0.2) is 0 Å². The molecule has 0 spiro atoms. The van der Waals surface area contributed by atoms with Crippen molar-refractivity contribution in [3.05, 3.63) is 41.7 Å². The number of hydrogen-bond donors (Lipinski definition) is 4. The highest BCUT2D eigenvalue weighted by Crippen LogP contribution is 2.31. The van der Waals surface area contributed by atoms with Gasteiger partial charge in [0.1, 0.15) is 28.2 Å². The van der Waals surface area contributed by atoms with E-state index in [0.717, 1.165) is 0 Å². The van der Waals surface area contributed by atoms with E-state index in [9.17, 15) is 19.9 Å². The lowest BCUT2D eigenvalue weighted by Crippen LogP contribution is -2.29. The predicted molar refractivity (Wildman–Crippen MR) is 140 cm³/mol. The van der Waals surface area contributed by atoms with Crippen molar-refractivity contribution in [3.8, 4) is 17.2 Å². The molecule has 4 aromatic rings. The summed E-state index contributed by atoms with van der Waals surface area (Å²) in [6, 6.07) is 9.67. The second-order valence-electron chi connectivity index (χ2n) is 7.93. The SMILES string of the molecule is C[PH](=O)Oc1ccc(O)c(-n2nc3ccc(Nc4nc(Cl)nc(N(CCCO)CCCO)n4)cc3n2)c1. The van der Waals surface area contributed by atoms with E-state index in [0.29, 0.717) is 54.3 Å². The molecule has 0 fully saturated rings. The van der Waals surface area contributed by atoms with Crippen molar-refractivity contribution in [2.75, 3.05) is 43.2 Å². The van der Waals surface area contributed by atoms with Crippen molar-refractivity contribution in [2.45, 2.75) is 12.8 Å². The van der Waals surface area contributed by atoms with Crippen molar-refractivity contribution in [2.24, 2.45) is 0 Å². The molecule has 2 aromatic heterocycles. The van der Waals surface area contributed by atoms with Gasteiger partial charge < -0.3 is 30.1 Å². The van der Waals surface area contributed by atoms with Crippen LogP contribution in [0.3, 0.4) is 0 Å². The number of benzene rings is 2. The summed E-state index contributed by atoms with van der Waals surface area (Å²) >= 11 is 6.15. The molecular weight excluding hydrogens is 523 g/mol. The van der Waals surface area contributed by atoms with Gasteiger partial charge in [0.25, 0.3) is 0 Å². The number of phenolic OH excluding ortho intramolecular Hbond substituents is 1. The summed E-state index contributed by atoms with van der Waals surface area (Å²) in [4.78, 5) is 15.9. The molecule has 0 aliphatic heterocycles. The molecule has 37 heavy (non-hydrogen) atoms. The summed E-state index contributed by atoms with van der Waals surface area (Å²) in [5.41, 5.74) is 1.96. The number of nitrogens with one attached hydrogen (secondary N) is 1. The largest absolute Gasteiger partial charge is 0.506 e. The number of phenols is 1. The van der Waals surface area contributed by atoms with Crippen LogP contribution in [0.25, 0.3) is 16.7 Å². The van der Waals surface area contributed by atoms with Crippen LogP contribution in [-0.4, -0.2) is 78.2 Å². The second kappa shape index (κ2) is 12.2. The number of anilines is 3. The number of aliphatic hydroxyl groups is 2. The maximum absolute atomic E-state index is 11.5. The van der Waals surface area contributed by atoms with Crippen molar-refractivity contribution in [3.63, 3.8) is 0 Å². The third-order valence-corrected chi connectivity index (χ3v) is 5.80. The Labute approximate surface area is 217 Å². The maximum atomic E-state index is 11.5. The molecule has 4 N–H and O–H groups in total. The molecule has 0 radical (unpaired) electrons. The molecule has 2 aromatic carbocycles. The third-order valence-electron chi connectivity index (χ3n) is 5.11. The van der Waals surface area contributed by atoms with Crippen LogP contribution in [0, 0.1) is 0 Å². The first-order chi connectivity index (χ1) is 17.9. The minimum Gasteiger partial charge on any atom is -0.506 e. The van der Waals surface area contributed by atoms with Gasteiger partial charge in [-0.2, -0.15) is 15.0 Å². The number of aromatic hydroxyl groups is 1.